The number of rotatable bonds is 9. The van der Waals surface area contributed by atoms with Crippen LogP contribution < -0.4 is 15.8 Å². The molecule has 0 saturated carbocycles. The maximum atomic E-state index is 13.7. The highest BCUT2D eigenvalue weighted by molar-refractivity contribution is 7.21. The summed E-state index contributed by atoms with van der Waals surface area (Å²) < 4.78 is 43.3. The van der Waals surface area contributed by atoms with Crippen molar-refractivity contribution in [2.45, 2.75) is 13.0 Å². The van der Waals surface area contributed by atoms with Crippen LogP contribution in [0.2, 0.25) is 0 Å². The van der Waals surface area contributed by atoms with Crippen LogP contribution in [0.3, 0.4) is 0 Å². The fourth-order valence-electron chi connectivity index (χ4n) is 4.08. The van der Waals surface area contributed by atoms with E-state index >= 15 is 0 Å². The maximum Gasteiger partial charge on any atom is 0.337 e. The smallest absolute Gasteiger partial charge is 0.337 e. The molecule has 0 saturated heterocycles. The zero-order chi connectivity index (χ0) is 29.1. The molecule has 0 fully saturated rings. The second-order valence-corrected chi connectivity index (χ2v) is 9.64. The van der Waals surface area contributed by atoms with E-state index in [1.54, 1.807) is 60.7 Å². The van der Waals surface area contributed by atoms with Crippen LogP contribution in [-0.4, -0.2) is 29.9 Å². The van der Waals surface area contributed by atoms with Crippen molar-refractivity contribution in [1.82, 2.24) is 4.98 Å². The molecule has 2 amide bonds. The van der Waals surface area contributed by atoms with Crippen molar-refractivity contribution in [2.75, 3.05) is 12.4 Å². The highest BCUT2D eigenvalue weighted by Gasteiger charge is 2.26. The van der Waals surface area contributed by atoms with Crippen LogP contribution in [0, 0.1) is 0 Å². The number of carbonyl (C=O) groups is 3. The Bertz CT molecular complexity index is 1750. The molecule has 0 atom stereocenters. The lowest BCUT2D eigenvalue weighted by molar-refractivity contribution is 0.0600. The normalized spacial score (nSPS) is 11.0. The third-order valence-electron chi connectivity index (χ3n) is 5.99. The van der Waals surface area contributed by atoms with Crippen molar-refractivity contribution < 1.29 is 37.1 Å². The topological polar surface area (TPSA) is 134 Å². The number of pyridine rings is 1. The van der Waals surface area contributed by atoms with E-state index in [0.717, 1.165) is 11.3 Å². The molecule has 0 aliphatic carbocycles. The molecule has 0 unspecified atom stereocenters. The SMILES string of the molecule is COC(=O)c1ccc(OCc2ccc(C(=O)Nc3c(C(N)=O)sc4nc(C(F)F)cc(-c5ccccc5)c34)o2)cc1. The zero-order valence-corrected chi connectivity index (χ0v) is 22.2. The number of aromatic nitrogens is 1. The van der Waals surface area contributed by atoms with E-state index in [9.17, 15) is 23.2 Å². The fraction of sp³-hybridized carbons (Fsp3) is 0.103. The predicted molar refractivity (Wildman–Crippen MR) is 147 cm³/mol. The van der Waals surface area contributed by atoms with Gasteiger partial charge in [0.15, 0.2) is 5.76 Å². The number of benzene rings is 2. The lowest BCUT2D eigenvalue weighted by Crippen LogP contribution is -2.16. The molecule has 3 heterocycles. The Morgan fingerprint density at radius 1 is 1.05 bits per heavy atom. The van der Waals surface area contributed by atoms with Crippen LogP contribution in [0.4, 0.5) is 14.5 Å². The molecule has 9 nitrogen and oxygen atoms in total. The standard InChI is InChI=1S/C29H21F2N3O6S/c1-38-29(37)16-7-9-17(10-8-16)39-14-18-11-12-21(40-18)27(36)34-23-22-19(15-5-3-2-4-6-15)13-20(25(30)31)33-28(22)41-24(23)26(32)35/h2-13,25H,14H2,1H3,(H2,32,35)(H,34,36). The summed E-state index contributed by atoms with van der Waals surface area (Å²) in [5, 5.41) is 2.97. The summed E-state index contributed by atoms with van der Waals surface area (Å²) in [4.78, 5) is 41.2. The first-order valence-electron chi connectivity index (χ1n) is 12.1. The molecule has 5 aromatic rings. The minimum Gasteiger partial charge on any atom is -0.486 e. The van der Waals surface area contributed by atoms with Gasteiger partial charge in [0, 0.05) is 5.39 Å². The second kappa shape index (κ2) is 11.6. The lowest BCUT2D eigenvalue weighted by Gasteiger charge is -2.10. The number of thiophene rings is 1. The Labute approximate surface area is 235 Å². The number of esters is 1. The number of halogens is 2. The molecular formula is C29H21F2N3O6S. The molecule has 0 aliphatic rings. The molecule has 0 aliphatic heterocycles. The van der Waals surface area contributed by atoms with Gasteiger partial charge in [-0.1, -0.05) is 30.3 Å². The molecule has 3 aromatic heterocycles. The van der Waals surface area contributed by atoms with Gasteiger partial charge in [-0.2, -0.15) is 0 Å². The van der Waals surface area contributed by atoms with Gasteiger partial charge in [-0.15, -0.1) is 11.3 Å². The highest BCUT2D eigenvalue weighted by atomic mass is 32.1. The monoisotopic (exact) mass is 577 g/mol. The number of hydrogen-bond acceptors (Lipinski definition) is 8. The number of amides is 2. The molecule has 41 heavy (non-hydrogen) atoms. The molecule has 12 heteroatoms. The molecular weight excluding hydrogens is 556 g/mol. The van der Waals surface area contributed by atoms with Gasteiger partial charge in [0.2, 0.25) is 0 Å². The van der Waals surface area contributed by atoms with Gasteiger partial charge in [-0.05, 0) is 53.6 Å². The minimum atomic E-state index is -2.85. The summed E-state index contributed by atoms with van der Waals surface area (Å²) in [5.41, 5.74) is 6.48. The van der Waals surface area contributed by atoms with E-state index in [4.69, 9.17) is 14.9 Å². The molecule has 2 aromatic carbocycles. The summed E-state index contributed by atoms with van der Waals surface area (Å²) in [5.74, 6) is -1.33. The number of nitrogens with two attached hydrogens (primary N) is 1. The number of nitrogens with one attached hydrogen (secondary N) is 1. The first-order valence-corrected chi connectivity index (χ1v) is 12.9. The van der Waals surface area contributed by atoms with E-state index < -0.39 is 29.9 Å². The largest absolute Gasteiger partial charge is 0.486 e. The number of nitrogens with zero attached hydrogens (tertiary/aromatic N) is 1. The zero-order valence-electron chi connectivity index (χ0n) is 21.4. The van der Waals surface area contributed by atoms with Crippen molar-refractivity contribution in [3.63, 3.8) is 0 Å². The molecule has 5 rings (SSSR count). The number of carbonyl (C=O) groups excluding carboxylic acids is 3. The Kier molecular flexibility index (Phi) is 7.74. The number of primary amides is 1. The number of furan rings is 1. The van der Waals surface area contributed by atoms with Crippen LogP contribution in [0.25, 0.3) is 21.3 Å². The van der Waals surface area contributed by atoms with Crippen molar-refractivity contribution in [2.24, 2.45) is 5.73 Å². The number of ether oxygens (including phenoxy) is 2. The second-order valence-electron chi connectivity index (χ2n) is 8.64. The Balaban J connectivity index is 1.42. The summed E-state index contributed by atoms with van der Waals surface area (Å²) >= 11 is 0.811. The van der Waals surface area contributed by atoms with Gasteiger partial charge in [0.25, 0.3) is 18.2 Å². The number of methoxy groups -OCH3 is 1. The van der Waals surface area contributed by atoms with Crippen LogP contribution in [0.5, 0.6) is 5.75 Å². The predicted octanol–water partition coefficient (Wildman–Crippen LogP) is 6.21. The van der Waals surface area contributed by atoms with Gasteiger partial charge < -0.3 is 24.9 Å². The van der Waals surface area contributed by atoms with Gasteiger partial charge in [0.05, 0.1) is 18.4 Å². The quantitative estimate of drug-likeness (QED) is 0.199. The average molecular weight is 578 g/mol. The van der Waals surface area contributed by atoms with E-state index in [1.807, 2.05) is 0 Å². The first kappa shape index (κ1) is 27.5. The fourth-order valence-corrected chi connectivity index (χ4v) is 5.09. The molecule has 0 bridgehead atoms. The van der Waals surface area contributed by atoms with Gasteiger partial charge in [-0.3, -0.25) is 9.59 Å². The third-order valence-corrected chi connectivity index (χ3v) is 7.09. The van der Waals surface area contributed by atoms with Gasteiger partial charge in [0.1, 0.15) is 33.5 Å². The van der Waals surface area contributed by atoms with Crippen LogP contribution in [0.15, 0.2) is 77.2 Å². The van der Waals surface area contributed by atoms with E-state index in [0.29, 0.717) is 33.6 Å². The van der Waals surface area contributed by atoms with Crippen molar-refractivity contribution >= 4 is 45.0 Å². The number of hydrogen-bond donors (Lipinski definition) is 2. The molecule has 0 spiro atoms. The van der Waals surface area contributed by atoms with E-state index in [2.05, 4.69) is 15.0 Å². The minimum absolute atomic E-state index is 0.0166. The molecule has 208 valence electrons. The van der Waals surface area contributed by atoms with Crippen molar-refractivity contribution in [3.05, 3.63) is 100 Å². The number of fused-ring (bicyclic) bond motifs is 1. The van der Waals surface area contributed by atoms with Crippen LogP contribution in [-0.2, 0) is 11.3 Å². The highest BCUT2D eigenvalue weighted by Crippen LogP contribution is 2.42. The Morgan fingerprint density at radius 3 is 2.44 bits per heavy atom. The summed E-state index contributed by atoms with van der Waals surface area (Å²) in [6, 6.07) is 19.2. The summed E-state index contributed by atoms with van der Waals surface area (Å²) in [6.07, 6.45) is -2.85. The van der Waals surface area contributed by atoms with Crippen molar-refractivity contribution in [3.8, 4) is 16.9 Å². The van der Waals surface area contributed by atoms with Crippen LogP contribution in [0.1, 0.15) is 48.5 Å². The lowest BCUT2D eigenvalue weighted by atomic mass is 10.0. The van der Waals surface area contributed by atoms with Crippen molar-refractivity contribution in [1.29, 1.82) is 0 Å². The van der Waals surface area contributed by atoms with Gasteiger partial charge >= 0.3 is 5.97 Å². The van der Waals surface area contributed by atoms with Crippen LogP contribution >= 0.6 is 11.3 Å². The first-order chi connectivity index (χ1) is 19.7. The number of anilines is 1. The Morgan fingerprint density at radius 2 is 1.78 bits per heavy atom. The maximum absolute atomic E-state index is 13.7. The summed E-state index contributed by atoms with van der Waals surface area (Å²) in [6.45, 7) is -0.0166. The molecule has 0 radical (unpaired) electrons. The summed E-state index contributed by atoms with van der Waals surface area (Å²) in [7, 11) is 1.29. The average Bonchev–Trinajstić information content (AvgIpc) is 3.61. The third kappa shape index (κ3) is 5.77. The molecule has 3 N–H and O–H groups in total. The van der Waals surface area contributed by atoms with E-state index in [-0.39, 0.29) is 27.8 Å². The van der Waals surface area contributed by atoms with Gasteiger partial charge in [-0.25, -0.2) is 18.6 Å². The van der Waals surface area contributed by atoms with E-state index in [1.165, 1.54) is 19.2 Å². The number of alkyl halides is 2. The Hall–Kier alpha value is -5.10.